The quantitative estimate of drug-likeness (QED) is 0.323. The second kappa shape index (κ2) is 11.2. The molecule has 5 amide bonds. The fourth-order valence-electron chi connectivity index (χ4n) is 4.86. The molecule has 5 rings (SSSR count). The highest BCUT2D eigenvalue weighted by Gasteiger charge is 2.48. The van der Waals surface area contributed by atoms with Crippen molar-refractivity contribution in [2.75, 3.05) is 5.32 Å². The Bertz CT molecular complexity index is 1450. The number of hydrogen-bond acceptors (Lipinski definition) is 6. The summed E-state index contributed by atoms with van der Waals surface area (Å²) in [6.07, 6.45) is 0.467. The Morgan fingerprint density at radius 3 is 2.40 bits per heavy atom. The number of hydrogen-bond donors (Lipinski definition) is 4. The van der Waals surface area contributed by atoms with E-state index in [0.29, 0.717) is 30.2 Å². The zero-order valence-corrected chi connectivity index (χ0v) is 22.2. The second-order valence-electron chi connectivity index (χ2n) is 10.2. The molecular formula is C30H31N5O5. The minimum absolute atomic E-state index is 0.187. The first-order valence-electron chi connectivity index (χ1n) is 13.1. The number of nitrogens with zero attached hydrogens (tertiary/aromatic N) is 1. The second-order valence-corrected chi connectivity index (χ2v) is 10.2. The average Bonchev–Trinajstić information content (AvgIpc) is 3.30. The summed E-state index contributed by atoms with van der Waals surface area (Å²) >= 11 is 0. The van der Waals surface area contributed by atoms with Crippen molar-refractivity contribution in [2.24, 2.45) is 5.73 Å². The van der Waals surface area contributed by atoms with Crippen LogP contribution < -0.4 is 26.4 Å². The summed E-state index contributed by atoms with van der Waals surface area (Å²) in [7, 11) is 0. The summed E-state index contributed by atoms with van der Waals surface area (Å²) in [5.41, 5.74) is 9.38. The number of benzene rings is 3. The first-order valence-corrected chi connectivity index (χ1v) is 13.1. The van der Waals surface area contributed by atoms with Crippen LogP contribution in [0.4, 0.5) is 10.5 Å². The molecule has 0 unspecified atom stereocenters. The van der Waals surface area contributed by atoms with Crippen molar-refractivity contribution in [3.8, 4) is 5.75 Å². The van der Waals surface area contributed by atoms with Gasteiger partial charge >= 0.3 is 6.03 Å². The van der Waals surface area contributed by atoms with Crippen LogP contribution in [0.3, 0.4) is 0 Å². The molecule has 10 nitrogen and oxygen atoms in total. The number of anilines is 1. The van der Waals surface area contributed by atoms with E-state index in [0.717, 1.165) is 22.3 Å². The van der Waals surface area contributed by atoms with Crippen LogP contribution in [-0.2, 0) is 35.8 Å². The number of imide groups is 1. The Morgan fingerprint density at radius 2 is 1.70 bits per heavy atom. The Labute approximate surface area is 231 Å². The number of fused-ring (bicyclic) bond motifs is 1. The first kappa shape index (κ1) is 26.9. The number of carbonyl (C=O) groups is 4. The topological polar surface area (TPSA) is 143 Å². The summed E-state index contributed by atoms with van der Waals surface area (Å²) in [6, 6.07) is 20.0. The van der Waals surface area contributed by atoms with Crippen molar-refractivity contribution in [1.29, 1.82) is 0 Å². The molecule has 1 atom stereocenters. The van der Waals surface area contributed by atoms with Crippen LogP contribution in [0.15, 0.2) is 66.7 Å². The molecule has 0 bridgehead atoms. The van der Waals surface area contributed by atoms with Gasteiger partial charge < -0.3 is 26.0 Å². The monoisotopic (exact) mass is 541 g/mol. The highest BCUT2D eigenvalue weighted by atomic mass is 16.5. The number of carbonyl (C=O) groups excluding carboxylic acids is 4. The van der Waals surface area contributed by atoms with Gasteiger partial charge in [-0.3, -0.25) is 19.7 Å². The molecule has 0 aliphatic carbocycles. The fraction of sp³-hybridized carbons (Fsp3) is 0.267. The van der Waals surface area contributed by atoms with E-state index < -0.39 is 11.4 Å². The van der Waals surface area contributed by atoms with Crippen molar-refractivity contribution in [3.63, 3.8) is 0 Å². The molecule has 2 aliphatic rings. The lowest BCUT2D eigenvalue weighted by molar-refractivity contribution is -0.142. The Kier molecular flexibility index (Phi) is 7.52. The average molecular weight is 542 g/mol. The lowest BCUT2D eigenvalue weighted by Gasteiger charge is -2.39. The van der Waals surface area contributed by atoms with E-state index in [1.54, 1.807) is 43.3 Å². The van der Waals surface area contributed by atoms with Gasteiger partial charge in [0.25, 0.3) is 11.8 Å². The highest BCUT2D eigenvalue weighted by Crippen LogP contribution is 2.34. The molecular weight excluding hydrogens is 510 g/mol. The third-order valence-electron chi connectivity index (χ3n) is 7.38. The van der Waals surface area contributed by atoms with Crippen LogP contribution >= 0.6 is 0 Å². The Hall–Kier alpha value is -4.70. The molecule has 1 fully saturated rings. The molecule has 40 heavy (non-hydrogen) atoms. The van der Waals surface area contributed by atoms with Gasteiger partial charge in [-0.2, -0.15) is 0 Å². The van der Waals surface area contributed by atoms with Gasteiger partial charge in [0.15, 0.2) is 0 Å². The number of nitrogens with one attached hydrogen (secondary N) is 3. The highest BCUT2D eigenvalue weighted by molar-refractivity contribution is 6.07. The maximum atomic E-state index is 13.0. The lowest BCUT2D eigenvalue weighted by atomic mass is 9.89. The van der Waals surface area contributed by atoms with E-state index in [1.807, 2.05) is 30.3 Å². The smallest absolute Gasteiger partial charge is 0.319 e. The van der Waals surface area contributed by atoms with Gasteiger partial charge in [-0.25, -0.2) is 4.79 Å². The molecule has 2 aliphatic heterocycles. The molecule has 2 heterocycles. The standard InChI is InChI=1S/C30H31N5O5/c1-30(13-12-26(36)34-28(30)38)35-17-22-14-21(6-11-25(22)27(35)37)16-32-29(39)33-23-7-9-24(10-8-23)40-18-20-4-2-19(15-31)3-5-20/h2-11,14H,12-13,15-18,31H2,1H3,(H2,32,33,39)(H,34,36,38)/t30-/m1/s1. The third kappa shape index (κ3) is 5.67. The normalized spacial score (nSPS) is 18.2. The van der Waals surface area contributed by atoms with Crippen molar-refractivity contribution in [3.05, 3.63) is 94.5 Å². The predicted octanol–water partition coefficient (Wildman–Crippen LogP) is 3.20. The Balaban J connectivity index is 1.12. The minimum atomic E-state index is -1.08. The van der Waals surface area contributed by atoms with Crippen LogP contribution in [0.5, 0.6) is 5.75 Å². The third-order valence-corrected chi connectivity index (χ3v) is 7.38. The van der Waals surface area contributed by atoms with Crippen LogP contribution in [0.2, 0.25) is 0 Å². The van der Waals surface area contributed by atoms with E-state index in [-0.39, 0.29) is 43.8 Å². The summed E-state index contributed by atoms with van der Waals surface area (Å²) in [5, 5.41) is 7.96. The molecule has 5 N–H and O–H groups in total. The van der Waals surface area contributed by atoms with Crippen LogP contribution in [0.25, 0.3) is 0 Å². The molecule has 3 aromatic rings. The number of urea groups is 1. The number of rotatable bonds is 8. The van der Waals surface area contributed by atoms with Gasteiger partial charge in [0.2, 0.25) is 5.91 Å². The van der Waals surface area contributed by atoms with Crippen molar-refractivity contribution >= 4 is 29.4 Å². The van der Waals surface area contributed by atoms with Gasteiger partial charge in [-0.1, -0.05) is 36.4 Å². The summed E-state index contributed by atoms with van der Waals surface area (Å²) in [4.78, 5) is 51.2. The lowest BCUT2D eigenvalue weighted by Crippen LogP contribution is -2.61. The maximum absolute atomic E-state index is 13.0. The van der Waals surface area contributed by atoms with Crippen molar-refractivity contribution in [2.45, 2.75) is 51.5 Å². The van der Waals surface area contributed by atoms with Crippen LogP contribution in [0.1, 0.15) is 52.4 Å². The van der Waals surface area contributed by atoms with Crippen LogP contribution in [-0.4, -0.2) is 34.2 Å². The maximum Gasteiger partial charge on any atom is 0.319 e. The summed E-state index contributed by atoms with van der Waals surface area (Å²) in [5.74, 6) is -0.341. The molecule has 0 spiro atoms. The van der Waals surface area contributed by atoms with E-state index in [2.05, 4.69) is 16.0 Å². The SMILES string of the molecule is C[C@@]1(N2Cc3cc(CNC(=O)Nc4ccc(OCc5ccc(CN)cc5)cc4)ccc3C2=O)CCC(=O)NC1=O. The van der Waals surface area contributed by atoms with Gasteiger partial charge in [0, 0.05) is 37.3 Å². The zero-order chi connectivity index (χ0) is 28.3. The van der Waals surface area contributed by atoms with Crippen LogP contribution in [0, 0.1) is 0 Å². The van der Waals surface area contributed by atoms with E-state index >= 15 is 0 Å². The Morgan fingerprint density at radius 1 is 1.00 bits per heavy atom. The zero-order valence-electron chi connectivity index (χ0n) is 22.2. The van der Waals surface area contributed by atoms with Gasteiger partial charge in [0.05, 0.1) is 0 Å². The van der Waals surface area contributed by atoms with E-state index in [4.69, 9.17) is 10.5 Å². The van der Waals surface area contributed by atoms with E-state index in [9.17, 15) is 19.2 Å². The van der Waals surface area contributed by atoms with Gasteiger partial charge in [0.1, 0.15) is 17.9 Å². The predicted molar refractivity (Wildman–Crippen MR) is 148 cm³/mol. The van der Waals surface area contributed by atoms with E-state index in [1.165, 1.54) is 4.90 Å². The molecule has 1 saturated heterocycles. The molecule has 0 radical (unpaired) electrons. The number of amides is 5. The molecule has 206 valence electrons. The number of piperidine rings is 1. The van der Waals surface area contributed by atoms with Gasteiger partial charge in [-0.15, -0.1) is 0 Å². The number of nitrogens with two attached hydrogens (primary N) is 1. The van der Waals surface area contributed by atoms with Crippen molar-refractivity contribution < 1.29 is 23.9 Å². The fourth-order valence-corrected chi connectivity index (χ4v) is 4.86. The molecule has 10 heteroatoms. The summed E-state index contributed by atoms with van der Waals surface area (Å²) in [6.45, 7) is 3.13. The molecule has 0 saturated carbocycles. The first-order chi connectivity index (χ1) is 19.2. The van der Waals surface area contributed by atoms with Gasteiger partial charge in [-0.05, 0) is 65.9 Å². The largest absolute Gasteiger partial charge is 0.489 e. The number of ether oxygens (including phenoxy) is 1. The minimum Gasteiger partial charge on any atom is -0.489 e. The molecule has 0 aromatic heterocycles. The molecule has 3 aromatic carbocycles. The van der Waals surface area contributed by atoms with Crippen molar-refractivity contribution in [1.82, 2.24) is 15.5 Å². The summed E-state index contributed by atoms with van der Waals surface area (Å²) < 4.78 is 5.81.